The summed E-state index contributed by atoms with van der Waals surface area (Å²) in [5.41, 5.74) is 4.54. The first-order valence-corrected chi connectivity index (χ1v) is 7.74. The minimum absolute atomic E-state index is 0.233. The van der Waals surface area contributed by atoms with E-state index in [-0.39, 0.29) is 5.82 Å². The summed E-state index contributed by atoms with van der Waals surface area (Å²) in [6.45, 7) is 2.50. The van der Waals surface area contributed by atoms with E-state index in [9.17, 15) is 4.39 Å². The van der Waals surface area contributed by atoms with Crippen LogP contribution in [0.25, 0.3) is 11.3 Å². The van der Waals surface area contributed by atoms with E-state index < -0.39 is 0 Å². The maximum atomic E-state index is 14.1. The van der Waals surface area contributed by atoms with Gasteiger partial charge in [0.15, 0.2) is 0 Å². The molecule has 0 fully saturated rings. The van der Waals surface area contributed by atoms with E-state index in [1.54, 1.807) is 12.1 Å². The summed E-state index contributed by atoms with van der Waals surface area (Å²) in [4.78, 5) is 6.71. The third kappa shape index (κ3) is 2.75. The van der Waals surface area contributed by atoms with Crippen molar-refractivity contribution < 1.29 is 4.39 Å². The van der Waals surface area contributed by atoms with Gasteiger partial charge in [-0.3, -0.25) is 15.0 Å². The number of rotatable bonds is 3. The molecule has 0 unspecified atom stereocenters. The van der Waals surface area contributed by atoms with Crippen LogP contribution in [0.2, 0.25) is 0 Å². The molecule has 3 heterocycles. The first-order chi connectivity index (χ1) is 11.3. The van der Waals surface area contributed by atoms with Gasteiger partial charge in [0, 0.05) is 49.1 Å². The van der Waals surface area contributed by atoms with Gasteiger partial charge in [-0.2, -0.15) is 5.10 Å². The molecule has 0 saturated carbocycles. The van der Waals surface area contributed by atoms with Crippen molar-refractivity contribution in [1.29, 1.82) is 0 Å². The number of nitrogens with zero attached hydrogens (tertiary/aromatic N) is 3. The summed E-state index contributed by atoms with van der Waals surface area (Å²) < 4.78 is 14.1. The molecule has 0 radical (unpaired) electrons. The van der Waals surface area contributed by atoms with Crippen molar-refractivity contribution in [2.24, 2.45) is 0 Å². The van der Waals surface area contributed by atoms with Crippen LogP contribution in [0.15, 0.2) is 48.7 Å². The summed E-state index contributed by atoms with van der Waals surface area (Å²) in [5.74, 6) is -0.233. The Morgan fingerprint density at radius 1 is 1.13 bits per heavy atom. The molecule has 0 bridgehead atoms. The van der Waals surface area contributed by atoms with Crippen LogP contribution in [-0.4, -0.2) is 26.6 Å². The lowest BCUT2D eigenvalue weighted by Crippen LogP contribution is -2.30. The van der Waals surface area contributed by atoms with Crippen LogP contribution in [-0.2, 0) is 19.5 Å². The molecule has 2 aromatic heterocycles. The number of fused-ring (bicyclic) bond motifs is 1. The predicted molar refractivity (Wildman–Crippen MR) is 86.0 cm³/mol. The van der Waals surface area contributed by atoms with Crippen LogP contribution in [0.1, 0.15) is 17.0 Å². The summed E-state index contributed by atoms with van der Waals surface area (Å²) in [7, 11) is 0. The number of pyridine rings is 1. The van der Waals surface area contributed by atoms with Crippen LogP contribution in [0, 0.1) is 5.82 Å². The number of halogens is 1. The normalized spacial score (nSPS) is 14.7. The highest BCUT2D eigenvalue weighted by Crippen LogP contribution is 2.30. The summed E-state index contributed by atoms with van der Waals surface area (Å²) >= 11 is 0. The van der Waals surface area contributed by atoms with Gasteiger partial charge in [-0.25, -0.2) is 4.39 Å². The second-order valence-corrected chi connectivity index (χ2v) is 5.79. The van der Waals surface area contributed by atoms with Crippen molar-refractivity contribution in [3.63, 3.8) is 0 Å². The fourth-order valence-electron chi connectivity index (χ4n) is 3.08. The molecule has 0 saturated heterocycles. The van der Waals surface area contributed by atoms with Crippen LogP contribution in [0.5, 0.6) is 0 Å². The highest BCUT2D eigenvalue weighted by Gasteiger charge is 2.24. The average Bonchev–Trinajstić information content (AvgIpc) is 2.99. The zero-order valence-corrected chi connectivity index (χ0v) is 12.7. The second kappa shape index (κ2) is 5.93. The molecule has 116 valence electrons. The molecule has 23 heavy (non-hydrogen) atoms. The number of hydrogen-bond donors (Lipinski definition) is 1. The molecule has 4 rings (SSSR count). The van der Waals surface area contributed by atoms with Crippen LogP contribution in [0.4, 0.5) is 4.39 Å². The number of aromatic amines is 1. The molecule has 1 N–H and O–H groups in total. The van der Waals surface area contributed by atoms with Crippen molar-refractivity contribution in [2.75, 3.05) is 6.54 Å². The largest absolute Gasteiger partial charge is 0.293 e. The van der Waals surface area contributed by atoms with E-state index in [0.717, 1.165) is 48.7 Å². The fourth-order valence-corrected chi connectivity index (χ4v) is 3.08. The number of aromatic nitrogens is 3. The first kappa shape index (κ1) is 14.1. The topological polar surface area (TPSA) is 44.8 Å². The van der Waals surface area contributed by atoms with Gasteiger partial charge in [0.05, 0.1) is 11.4 Å². The number of H-pyrrole nitrogens is 1. The van der Waals surface area contributed by atoms with Crippen LogP contribution >= 0.6 is 0 Å². The SMILES string of the molecule is Fc1ccccc1-c1n[nH]c2c1CN(Cc1ccccn1)CC2. The van der Waals surface area contributed by atoms with Gasteiger partial charge < -0.3 is 0 Å². The first-order valence-electron chi connectivity index (χ1n) is 7.74. The van der Waals surface area contributed by atoms with Gasteiger partial charge in [0.2, 0.25) is 0 Å². The summed E-state index contributed by atoms with van der Waals surface area (Å²) in [5, 5.41) is 7.44. The van der Waals surface area contributed by atoms with E-state index in [1.165, 1.54) is 6.07 Å². The number of hydrogen-bond acceptors (Lipinski definition) is 3. The lowest BCUT2D eigenvalue weighted by Gasteiger charge is -2.26. The van der Waals surface area contributed by atoms with E-state index in [0.29, 0.717) is 5.56 Å². The Balaban J connectivity index is 1.62. The summed E-state index contributed by atoms with van der Waals surface area (Å²) in [6, 6.07) is 12.8. The zero-order valence-electron chi connectivity index (χ0n) is 12.7. The molecule has 0 atom stereocenters. The fraction of sp³-hybridized carbons (Fsp3) is 0.222. The van der Waals surface area contributed by atoms with Crippen molar-refractivity contribution in [1.82, 2.24) is 20.1 Å². The molecular formula is C18H17FN4. The highest BCUT2D eigenvalue weighted by molar-refractivity contribution is 5.64. The zero-order chi connectivity index (χ0) is 15.6. The predicted octanol–water partition coefficient (Wildman–Crippen LogP) is 3.17. The van der Waals surface area contributed by atoms with Gasteiger partial charge in [-0.05, 0) is 24.3 Å². The molecule has 1 aliphatic rings. The Morgan fingerprint density at radius 2 is 2.00 bits per heavy atom. The van der Waals surface area contributed by atoms with E-state index in [2.05, 4.69) is 20.1 Å². The lowest BCUT2D eigenvalue weighted by molar-refractivity contribution is 0.242. The Bertz CT molecular complexity index is 813. The molecule has 0 amide bonds. The Hall–Kier alpha value is -2.53. The van der Waals surface area contributed by atoms with Crippen LogP contribution < -0.4 is 0 Å². The molecule has 1 aromatic carbocycles. The van der Waals surface area contributed by atoms with E-state index >= 15 is 0 Å². The third-order valence-corrected chi connectivity index (χ3v) is 4.25. The standard InChI is InChI=1S/C18H17FN4/c19-16-7-2-1-6-14(16)18-15-12-23(10-8-17(15)21-22-18)11-13-5-3-4-9-20-13/h1-7,9H,8,10-12H2,(H,21,22). The molecule has 0 spiro atoms. The van der Waals surface area contributed by atoms with Gasteiger partial charge in [0.25, 0.3) is 0 Å². The second-order valence-electron chi connectivity index (χ2n) is 5.79. The van der Waals surface area contributed by atoms with Gasteiger partial charge in [-0.1, -0.05) is 18.2 Å². The Kier molecular flexibility index (Phi) is 3.63. The average molecular weight is 308 g/mol. The van der Waals surface area contributed by atoms with E-state index in [4.69, 9.17) is 0 Å². The monoisotopic (exact) mass is 308 g/mol. The molecule has 4 nitrogen and oxygen atoms in total. The summed E-state index contributed by atoms with van der Waals surface area (Å²) in [6.07, 6.45) is 2.71. The quantitative estimate of drug-likeness (QED) is 0.808. The third-order valence-electron chi connectivity index (χ3n) is 4.25. The molecule has 3 aromatic rings. The smallest absolute Gasteiger partial charge is 0.132 e. The maximum absolute atomic E-state index is 14.1. The van der Waals surface area contributed by atoms with Crippen molar-refractivity contribution in [3.05, 3.63) is 71.4 Å². The van der Waals surface area contributed by atoms with E-state index in [1.807, 2.05) is 30.5 Å². The molecular weight excluding hydrogens is 291 g/mol. The minimum atomic E-state index is -0.233. The van der Waals surface area contributed by atoms with Gasteiger partial charge in [0.1, 0.15) is 5.82 Å². The molecule has 1 aliphatic heterocycles. The number of nitrogens with one attached hydrogen (secondary N) is 1. The van der Waals surface area contributed by atoms with Crippen LogP contribution in [0.3, 0.4) is 0 Å². The van der Waals surface area contributed by atoms with Gasteiger partial charge >= 0.3 is 0 Å². The Morgan fingerprint density at radius 3 is 2.83 bits per heavy atom. The molecule has 5 heteroatoms. The highest BCUT2D eigenvalue weighted by atomic mass is 19.1. The molecule has 0 aliphatic carbocycles. The van der Waals surface area contributed by atoms with Gasteiger partial charge in [-0.15, -0.1) is 0 Å². The van der Waals surface area contributed by atoms with Crippen molar-refractivity contribution in [2.45, 2.75) is 19.5 Å². The number of benzene rings is 1. The maximum Gasteiger partial charge on any atom is 0.132 e. The van der Waals surface area contributed by atoms with Crippen molar-refractivity contribution >= 4 is 0 Å². The lowest BCUT2D eigenvalue weighted by atomic mass is 10.0. The Labute approximate surface area is 134 Å². The minimum Gasteiger partial charge on any atom is -0.293 e. The van der Waals surface area contributed by atoms with Crippen molar-refractivity contribution in [3.8, 4) is 11.3 Å².